The van der Waals surface area contributed by atoms with Crippen LogP contribution >= 0.6 is 11.6 Å². The Labute approximate surface area is 164 Å². The molecule has 1 atom stereocenters. The number of rotatable bonds is 5. The van der Waals surface area contributed by atoms with Crippen LogP contribution in [0.5, 0.6) is 0 Å². The average molecular weight is 415 g/mol. The van der Waals surface area contributed by atoms with Gasteiger partial charge in [0.1, 0.15) is 0 Å². The number of hydrogen-bond acceptors (Lipinski definition) is 6. The van der Waals surface area contributed by atoms with Crippen molar-refractivity contribution in [3.63, 3.8) is 0 Å². The molecule has 0 bridgehead atoms. The standard InChI is InChI=1S/C19H23ClO6S/c1-3-24-18(21)14-11-19(25-9-10-26-19)8-7-17(14)27(22,23)12-15-13(2)5-4-6-16(15)20/h4-6,11,17H,3,7-10,12H2,1-2H3. The van der Waals surface area contributed by atoms with Crippen molar-refractivity contribution < 1.29 is 27.4 Å². The molecule has 1 aromatic carbocycles. The SMILES string of the molecule is CCOC(=O)C1=CC2(CCC1S(=O)(=O)Cc1c(C)cccc1Cl)OCCO2. The number of hydrogen-bond donors (Lipinski definition) is 0. The molecule has 3 rings (SSSR count). The predicted octanol–water partition coefficient (Wildman–Crippen LogP) is 2.96. The fourth-order valence-electron chi connectivity index (χ4n) is 3.52. The van der Waals surface area contributed by atoms with Gasteiger partial charge in [-0.2, -0.15) is 0 Å². The molecule has 2 aliphatic rings. The number of carbonyl (C=O) groups excluding carboxylic acids is 1. The summed E-state index contributed by atoms with van der Waals surface area (Å²) in [6.07, 6.45) is 2.07. The molecule has 148 valence electrons. The normalized spacial score (nSPS) is 21.9. The molecule has 0 radical (unpaired) electrons. The summed E-state index contributed by atoms with van der Waals surface area (Å²) < 4.78 is 42.8. The largest absolute Gasteiger partial charge is 0.463 e. The highest BCUT2D eigenvalue weighted by atomic mass is 35.5. The maximum absolute atomic E-state index is 13.2. The highest BCUT2D eigenvalue weighted by Gasteiger charge is 2.46. The Balaban J connectivity index is 1.96. The van der Waals surface area contributed by atoms with Crippen LogP contribution in [0.4, 0.5) is 0 Å². The van der Waals surface area contributed by atoms with Gasteiger partial charge in [-0.15, -0.1) is 0 Å². The van der Waals surface area contributed by atoms with Gasteiger partial charge in [0, 0.05) is 11.4 Å². The van der Waals surface area contributed by atoms with E-state index in [-0.39, 0.29) is 24.4 Å². The summed E-state index contributed by atoms with van der Waals surface area (Å²) in [5, 5.41) is -0.583. The number of sulfone groups is 1. The lowest BCUT2D eigenvalue weighted by molar-refractivity contribution is -0.143. The Hall–Kier alpha value is -1.41. The fraction of sp³-hybridized carbons (Fsp3) is 0.526. The average Bonchev–Trinajstić information content (AvgIpc) is 3.06. The maximum Gasteiger partial charge on any atom is 0.335 e. The highest BCUT2D eigenvalue weighted by molar-refractivity contribution is 7.91. The second kappa shape index (κ2) is 7.91. The first kappa shape index (κ1) is 20.3. The molecule has 1 spiro atoms. The molecule has 0 aromatic heterocycles. The van der Waals surface area contributed by atoms with Crippen LogP contribution in [0.2, 0.25) is 5.02 Å². The van der Waals surface area contributed by atoms with Crippen LogP contribution < -0.4 is 0 Å². The summed E-state index contributed by atoms with van der Waals surface area (Å²) >= 11 is 6.21. The molecule has 1 aliphatic carbocycles. The van der Waals surface area contributed by atoms with Gasteiger partial charge in [0.05, 0.1) is 36.4 Å². The van der Waals surface area contributed by atoms with Crippen molar-refractivity contribution >= 4 is 27.4 Å². The first-order chi connectivity index (χ1) is 12.8. The van der Waals surface area contributed by atoms with Crippen molar-refractivity contribution in [2.24, 2.45) is 0 Å². The summed E-state index contributed by atoms with van der Waals surface area (Å²) in [4.78, 5) is 12.5. The Kier molecular flexibility index (Phi) is 5.96. The summed E-state index contributed by atoms with van der Waals surface area (Å²) in [6.45, 7) is 4.46. The van der Waals surface area contributed by atoms with Crippen molar-refractivity contribution in [3.8, 4) is 0 Å². The second-order valence-electron chi connectivity index (χ2n) is 6.70. The van der Waals surface area contributed by atoms with Gasteiger partial charge in [-0.3, -0.25) is 0 Å². The Morgan fingerprint density at radius 1 is 1.33 bits per heavy atom. The number of carbonyl (C=O) groups is 1. The van der Waals surface area contributed by atoms with Gasteiger partial charge in [0.25, 0.3) is 0 Å². The third-order valence-electron chi connectivity index (χ3n) is 4.90. The maximum atomic E-state index is 13.2. The minimum Gasteiger partial charge on any atom is -0.463 e. The number of aryl methyl sites for hydroxylation is 1. The van der Waals surface area contributed by atoms with Crippen LogP contribution in [0, 0.1) is 6.92 Å². The minimum atomic E-state index is -3.70. The van der Waals surface area contributed by atoms with E-state index in [1.807, 2.05) is 13.0 Å². The molecular formula is C19H23ClO6S. The number of benzene rings is 1. The first-order valence-corrected chi connectivity index (χ1v) is 11.0. The van der Waals surface area contributed by atoms with Crippen LogP contribution in [0.15, 0.2) is 29.8 Å². The van der Waals surface area contributed by atoms with Crippen molar-refractivity contribution in [3.05, 3.63) is 46.0 Å². The zero-order valence-electron chi connectivity index (χ0n) is 15.4. The molecule has 27 heavy (non-hydrogen) atoms. The molecule has 1 aromatic rings. The van der Waals surface area contributed by atoms with Crippen LogP contribution in [-0.4, -0.2) is 45.2 Å². The smallest absolute Gasteiger partial charge is 0.335 e. The van der Waals surface area contributed by atoms with E-state index in [2.05, 4.69) is 0 Å². The van der Waals surface area contributed by atoms with Gasteiger partial charge in [-0.05, 0) is 43.5 Å². The molecular weight excluding hydrogens is 392 g/mol. The molecule has 1 unspecified atom stereocenters. The molecule has 8 heteroatoms. The van der Waals surface area contributed by atoms with Crippen molar-refractivity contribution in [1.82, 2.24) is 0 Å². The van der Waals surface area contributed by atoms with Gasteiger partial charge in [0.2, 0.25) is 0 Å². The predicted molar refractivity (Wildman–Crippen MR) is 101 cm³/mol. The van der Waals surface area contributed by atoms with E-state index in [0.717, 1.165) is 5.56 Å². The lowest BCUT2D eigenvalue weighted by Crippen LogP contribution is -2.41. The van der Waals surface area contributed by atoms with E-state index in [4.69, 9.17) is 25.8 Å². The monoisotopic (exact) mass is 414 g/mol. The van der Waals surface area contributed by atoms with E-state index < -0.39 is 26.8 Å². The van der Waals surface area contributed by atoms with E-state index in [0.29, 0.717) is 30.2 Å². The van der Waals surface area contributed by atoms with Crippen LogP contribution in [0.1, 0.15) is 30.9 Å². The number of esters is 1. The van der Waals surface area contributed by atoms with E-state index in [1.54, 1.807) is 19.1 Å². The summed E-state index contributed by atoms with van der Waals surface area (Å²) in [6, 6.07) is 5.25. The quantitative estimate of drug-likeness (QED) is 0.689. The lowest BCUT2D eigenvalue weighted by Gasteiger charge is -2.33. The lowest BCUT2D eigenvalue weighted by atomic mass is 9.94. The van der Waals surface area contributed by atoms with E-state index >= 15 is 0 Å². The third kappa shape index (κ3) is 4.21. The summed E-state index contributed by atoms with van der Waals surface area (Å²) in [5.74, 6) is -1.93. The topological polar surface area (TPSA) is 78.9 Å². The van der Waals surface area contributed by atoms with Gasteiger partial charge < -0.3 is 14.2 Å². The van der Waals surface area contributed by atoms with Crippen LogP contribution in [0.25, 0.3) is 0 Å². The molecule has 1 fully saturated rings. The Morgan fingerprint density at radius 3 is 2.67 bits per heavy atom. The molecule has 0 N–H and O–H groups in total. The van der Waals surface area contributed by atoms with Gasteiger partial charge in [-0.25, -0.2) is 13.2 Å². The van der Waals surface area contributed by atoms with Crippen LogP contribution in [-0.2, 0) is 34.6 Å². The van der Waals surface area contributed by atoms with Gasteiger partial charge in [0.15, 0.2) is 15.6 Å². The van der Waals surface area contributed by atoms with Crippen molar-refractivity contribution in [2.75, 3.05) is 19.8 Å². The molecule has 1 heterocycles. The van der Waals surface area contributed by atoms with E-state index in [9.17, 15) is 13.2 Å². The summed E-state index contributed by atoms with van der Waals surface area (Å²) in [7, 11) is -3.70. The molecule has 1 saturated heterocycles. The number of halogens is 1. The fourth-order valence-corrected chi connectivity index (χ4v) is 5.90. The molecule has 1 aliphatic heterocycles. The molecule has 0 amide bonds. The number of ether oxygens (including phenoxy) is 3. The van der Waals surface area contributed by atoms with E-state index in [1.165, 1.54) is 6.08 Å². The zero-order chi connectivity index (χ0) is 19.7. The first-order valence-electron chi connectivity index (χ1n) is 8.91. The van der Waals surface area contributed by atoms with Gasteiger partial charge in [-0.1, -0.05) is 23.7 Å². The Morgan fingerprint density at radius 2 is 2.04 bits per heavy atom. The van der Waals surface area contributed by atoms with Crippen molar-refractivity contribution in [2.45, 2.75) is 43.5 Å². The minimum absolute atomic E-state index is 0.0784. The third-order valence-corrected chi connectivity index (χ3v) is 7.30. The molecule has 0 saturated carbocycles. The Bertz CT molecular complexity index is 835. The summed E-state index contributed by atoms with van der Waals surface area (Å²) in [5.41, 5.74) is 1.42. The zero-order valence-corrected chi connectivity index (χ0v) is 16.9. The van der Waals surface area contributed by atoms with Crippen molar-refractivity contribution in [1.29, 1.82) is 0 Å². The van der Waals surface area contributed by atoms with Crippen LogP contribution in [0.3, 0.4) is 0 Å². The molecule has 6 nitrogen and oxygen atoms in total. The second-order valence-corrected chi connectivity index (χ2v) is 9.29. The van der Waals surface area contributed by atoms with Gasteiger partial charge >= 0.3 is 5.97 Å². The highest BCUT2D eigenvalue weighted by Crippen LogP contribution is 2.38.